The molecule has 0 saturated heterocycles. The number of carbonyl (C=O) groups excluding carboxylic acids is 1. The highest BCUT2D eigenvalue weighted by atomic mass is 16.6. The Morgan fingerprint density at radius 3 is 2.33 bits per heavy atom. The monoisotopic (exact) mass is 532 g/mol. The van der Waals surface area contributed by atoms with Gasteiger partial charge in [0.1, 0.15) is 23.0 Å². The summed E-state index contributed by atoms with van der Waals surface area (Å²) in [7, 11) is 4.77. The highest BCUT2D eigenvalue weighted by Crippen LogP contribution is 2.38. The summed E-state index contributed by atoms with van der Waals surface area (Å²) in [6, 6.07) is 16.5. The molecular formula is C30H32N2O7. The van der Waals surface area contributed by atoms with Gasteiger partial charge in [0.15, 0.2) is 11.5 Å². The van der Waals surface area contributed by atoms with E-state index in [1.807, 2.05) is 56.3 Å². The lowest BCUT2D eigenvalue weighted by atomic mass is 10.1. The van der Waals surface area contributed by atoms with E-state index in [0.29, 0.717) is 47.5 Å². The fourth-order valence-electron chi connectivity index (χ4n) is 3.94. The Labute approximate surface area is 227 Å². The molecular weight excluding hydrogens is 500 g/mol. The number of aryl methyl sites for hydroxylation is 2. The van der Waals surface area contributed by atoms with Gasteiger partial charge in [0, 0.05) is 35.8 Å². The molecule has 0 saturated carbocycles. The third-order valence-corrected chi connectivity index (χ3v) is 6.02. The van der Waals surface area contributed by atoms with Crippen LogP contribution in [-0.2, 0) is 4.74 Å². The zero-order chi connectivity index (χ0) is 27.8. The summed E-state index contributed by atoms with van der Waals surface area (Å²) in [4.78, 5) is 16.8. The summed E-state index contributed by atoms with van der Waals surface area (Å²) in [6.07, 6.45) is 1.69. The topological polar surface area (TPSA) is 97.4 Å². The number of pyridine rings is 1. The Balaban J connectivity index is 1.35. The second-order valence-electron chi connectivity index (χ2n) is 8.71. The Hall–Kier alpha value is -4.66. The first kappa shape index (κ1) is 27.4. The fourth-order valence-corrected chi connectivity index (χ4v) is 3.94. The molecule has 204 valence electrons. The van der Waals surface area contributed by atoms with Crippen LogP contribution in [0.2, 0.25) is 0 Å². The van der Waals surface area contributed by atoms with Crippen LogP contribution in [0.3, 0.4) is 0 Å². The Kier molecular flexibility index (Phi) is 8.94. The lowest BCUT2D eigenvalue weighted by Crippen LogP contribution is -2.16. The van der Waals surface area contributed by atoms with Gasteiger partial charge in [-0.15, -0.1) is 0 Å². The number of rotatable bonds is 11. The van der Waals surface area contributed by atoms with E-state index in [1.54, 1.807) is 39.7 Å². The van der Waals surface area contributed by atoms with E-state index >= 15 is 0 Å². The van der Waals surface area contributed by atoms with Crippen LogP contribution in [0.4, 0.5) is 10.5 Å². The number of hydrogen-bond donors (Lipinski definition) is 1. The van der Waals surface area contributed by atoms with E-state index in [1.165, 1.54) is 0 Å². The molecule has 0 aliphatic rings. The molecule has 0 fully saturated rings. The third kappa shape index (κ3) is 6.81. The molecule has 4 rings (SSSR count). The Morgan fingerprint density at radius 2 is 1.56 bits per heavy atom. The van der Waals surface area contributed by atoms with Crippen molar-refractivity contribution in [2.24, 2.45) is 0 Å². The molecule has 1 heterocycles. The zero-order valence-electron chi connectivity index (χ0n) is 22.7. The number of amides is 1. The summed E-state index contributed by atoms with van der Waals surface area (Å²) >= 11 is 0. The molecule has 1 aromatic heterocycles. The van der Waals surface area contributed by atoms with Crippen LogP contribution in [0.15, 0.2) is 60.8 Å². The maximum absolute atomic E-state index is 12.4. The number of nitrogens with one attached hydrogen (secondary N) is 1. The van der Waals surface area contributed by atoms with E-state index < -0.39 is 6.09 Å². The minimum Gasteiger partial charge on any atom is -0.497 e. The van der Waals surface area contributed by atoms with Gasteiger partial charge >= 0.3 is 6.09 Å². The average Bonchev–Trinajstić information content (AvgIpc) is 2.95. The molecule has 0 spiro atoms. The number of hydrogen-bond acceptors (Lipinski definition) is 8. The second kappa shape index (κ2) is 12.7. The fraction of sp³-hybridized carbons (Fsp3) is 0.267. The largest absolute Gasteiger partial charge is 0.497 e. The molecule has 0 bridgehead atoms. The van der Waals surface area contributed by atoms with E-state index in [-0.39, 0.29) is 6.61 Å². The van der Waals surface area contributed by atoms with Gasteiger partial charge in [-0.25, -0.2) is 4.79 Å². The second-order valence-corrected chi connectivity index (χ2v) is 8.71. The quantitative estimate of drug-likeness (QED) is 0.214. The van der Waals surface area contributed by atoms with E-state index in [9.17, 15) is 4.79 Å². The summed E-state index contributed by atoms with van der Waals surface area (Å²) in [5.74, 6) is 3.88. The number of anilines is 1. The van der Waals surface area contributed by atoms with Crippen molar-refractivity contribution >= 4 is 22.7 Å². The van der Waals surface area contributed by atoms with E-state index in [0.717, 1.165) is 27.8 Å². The summed E-state index contributed by atoms with van der Waals surface area (Å²) in [5, 5.41) is 3.59. The molecule has 3 aromatic carbocycles. The van der Waals surface area contributed by atoms with Crippen LogP contribution >= 0.6 is 0 Å². The van der Waals surface area contributed by atoms with Gasteiger partial charge < -0.3 is 28.4 Å². The smallest absolute Gasteiger partial charge is 0.411 e. The highest BCUT2D eigenvalue weighted by Gasteiger charge is 2.14. The summed E-state index contributed by atoms with van der Waals surface area (Å²) in [5.41, 5.74) is 3.03. The molecule has 1 N–H and O–H groups in total. The lowest BCUT2D eigenvalue weighted by molar-refractivity contribution is 0.152. The number of ether oxygens (including phenoxy) is 6. The number of benzene rings is 3. The molecule has 0 aliphatic carbocycles. The highest BCUT2D eigenvalue weighted by molar-refractivity contribution is 5.89. The Bertz CT molecular complexity index is 1460. The van der Waals surface area contributed by atoms with Crippen molar-refractivity contribution in [2.75, 3.05) is 39.9 Å². The van der Waals surface area contributed by atoms with Crippen molar-refractivity contribution in [1.82, 2.24) is 4.98 Å². The molecule has 4 aromatic rings. The van der Waals surface area contributed by atoms with E-state index in [2.05, 4.69) is 10.3 Å². The van der Waals surface area contributed by atoms with E-state index in [4.69, 9.17) is 28.4 Å². The molecule has 39 heavy (non-hydrogen) atoms. The normalized spacial score (nSPS) is 10.6. The first-order chi connectivity index (χ1) is 18.9. The van der Waals surface area contributed by atoms with Crippen molar-refractivity contribution in [2.45, 2.75) is 20.3 Å². The number of nitrogens with zero attached hydrogens (tertiary/aromatic N) is 1. The van der Waals surface area contributed by atoms with Gasteiger partial charge in [-0.3, -0.25) is 10.3 Å². The first-order valence-corrected chi connectivity index (χ1v) is 12.4. The van der Waals surface area contributed by atoms with Crippen molar-refractivity contribution in [1.29, 1.82) is 0 Å². The van der Waals surface area contributed by atoms with Gasteiger partial charge in [0.05, 0.1) is 40.1 Å². The average molecular weight is 533 g/mol. The van der Waals surface area contributed by atoms with Crippen LogP contribution in [0.5, 0.6) is 34.5 Å². The van der Waals surface area contributed by atoms with Gasteiger partial charge in [-0.1, -0.05) is 6.07 Å². The number of carbonyl (C=O) groups is 1. The molecule has 0 radical (unpaired) electrons. The minimum absolute atomic E-state index is 0.221. The van der Waals surface area contributed by atoms with Crippen molar-refractivity contribution in [3.63, 3.8) is 0 Å². The molecule has 0 aliphatic heterocycles. The van der Waals surface area contributed by atoms with Gasteiger partial charge in [-0.05, 0) is 61.4 Å². The van der Waals surface area contributed by atoms with Crippen LogP contribution < -0.4 is 29.0 Å². The molecule has 9 heteroatoms. The van der Waals surface area contributed by atoms with Crippen LogP contribution in [-0.4, -0.2) is 45.6 Å². The summed E-state index contributed by atoms with van der Waals surface area (Å²) < 4.78 is 33.3. The molecule has 1 amide bonds. The minimum atomic E-state index is -0.534. The first-order valence-electron chi connectivity index (χ1n) is 12.4. The standard InChI is InChI=1S/C30H32N2O7/c1-19-15-27(39-26-10-11-31-25-18-29(36-5)28(35-4)17-23(25)26)20(2)14-24(19)32-30(33)38-13-7-12-37-22-9-6-8-21(16-22)34-3/h6,8-11,14-18H,7,12-13H2,1-5H3,(H,32,33). The number of methoxy groups -OCH3 is 3. The maximum atomic E-state index is 12.4. The van der Waals surface area contributed by atoms with Gasteiger partial charge in [0.2, 0.25) is 0 Å². The SMILES string of the molecule is COc1cccc(OCCCOC(=O)Nc2cc(C)c(Oc3ccnc4cc(OC)c(OC)cc34)cc2C)c1. The predicted octanol–water partition coefficient (Wildman–Crippen LogP) is 6.69. The zero-order valence-corrected chi connectivity index (χ0v) is 22.7. The number of aromatic nitrogens is 1. The molecule has 9 nitrogen and oxygen atoms in total. The van der Waals surface area contributed by atoms with Gasteiger partial charge in [0.25, 0.3) is 0 Å². The third-order valence-electron chi connectivity index (χ3n) is 6.02. The lowest BCUT2D eigenvalue weighted by Gasteiger charge is -2.16. The molecule has 0 atom stereocenters. The van der Waals surface area contributed by atoms with Crippen LogP contribution in [0.25, 0.3) is 10.9 Å². The molecule has 0 unspecified atom stereocenters. The van der Waals surface area contributed by atoms with Crippen molar-refractivity contribution < 1.29 is 33.2 Å². The van der Waals surface area contributed by atoms with Crippen molar-refractivity contribution in [3.05, 3.63) is 71.9 Å². The maximum Gasteiger partial charge on any atom is 0.411 e. The van der Waals surface area contributed by atoms with Crippen molar-refractivity contribution in [3.8, 4) is 34.5 Å². The van der Waals surface area contributed by atoms with Crippen LogP contribution in [0.1, 0.15) is 17.5 Å². The number of fused-ring (bicyclic) bond motifs is 1. The summed E-state index contributed by atoms with van der Waals surface area (Å²) in [6.45, 7) is 4.43. The Morgan fingerprint density at radius 1 is 0.795 bits per heavy atom. The van der Waals surface area contributed by atoms with Crippen LogP contribution in [0, 0.1) is 13.8 Å². The predicted molar refractivity (Wildman–Crippen MR) is 149 cm³/mol. The van der Waals surface area contributed by atoms with Gasteiger partial charge in [-0.2, -0.15) is 0 Å².